The van der Waals surface area contributed by atoms with E-state index in [1.54, 1.807) is 0 Å². The SMILES string of the molecule is NCCC1(c2ccc(Br)cc2)CCC1. The van der Waals surface area contributed by atoms with Crippen LogP contribution in [0.25, 0.3) is 0 Å². The van der Waals surface area contributed by atoms with Crippen molar-refractivity contribution >= 4 is 15.9 Å². The van der Waals surface area contributed by atoms with Crippen molar-refractivity contribution in [2.75, 3.05) is 6.54 Å². The van der Waals surface area contributed by atoms with Crippen LogP contribution in [-0.2, 0) is 5.41 Å². The minimum Gasteiger partial charge on any atom is -0.330 e. The van der Waals surface area contributed by atoms with E-state index in [2.05, 4.69) is 40.2 Å². The third-order valence-corrected chi connectivity index (χ3v) is 3.92. The number of rotatable bonds is 3. The average Bonchev–Trinajstić information content (AvgIpc) is 2.13. The van der Waals surface area contributed by atoms with Gasteiger partial charge in [0.15, 0.2) is 0 Å². The van der Waals surface area contributed by atoms with Crippen LogP contribution >= 0.6 is 15.9 Å². The van der Waals surface area contributed by atoms with Gasteiger partial charge in [0.25, 0.3) is 0 Å². The molecule has 0 radical (unpaired) electrons. The summed E-state index contributed by atoms with van der Waals surface area (Å²) < 4.78 is 1.16. The summed E-state index contributed by atoms with van der Waals surface area (Å²) in [7, 11) is 0. The van der Waals surface area contributed by atoms with Crippen molar-refractivity contribution in [2.24, 2.45) is 5.73 Å². The second kappa shape index (κ2) is 4.03. The summed E-state index contributed by atoms with van der Waals surface area (Å²) in [5.74, 6) is 0. The zero-order valence-electron chi connectivity index (χ0n) is 8.30. The van der Waals surface area contributed by atoms with Crippen LogP contribution in [0.5, 0.6) is 0 Å². The molecule has 1 aromatic rings. The highest BCUT2D eigenvalue weighted by molar-refractivity contribution is 9.10. The molecule has 0 unspecified atom stereocenters. The van der Waals surface area contributed by atoms with Crippen molar-refractivity contribution < 1.29 is 0 Å². The molecule has 0 aromatic heterocycles. The van der Waals surface area contributed by atoms with Gasteiger partial charge in [-0.2, -0.15) is 0 Å². The van der Waals surface area contributed by atoms with Gasteiger partial charge in [0.05, 0.1) is 0 Å². The zero-order chi connectivity index (χ0) is 10.0. The predicted molar refractivity (Wildman–Crippen MR) is 63.3 cm³/mol. The highest BCUT2D eigenvalue weighted by Crippen LogP contribution is 2.46. The standard InChI is InChI=1S/C12H16BrN/c13-11-4-2-10(3-5-11)12(8-9-14)6-1-7-12/h2-5H,1,6-9,14H2. The summed E-state index contributed by atoms with van der Waals surface area (Å²) in [5, 5.41) is 0. The van der Waals surface area contributed by atoms with Crippen LogP contribution in [0, 0.1) is 0 Å². The summed E-state index contributed by atoms with van der Waals surface area (Å²) in [4.78, 5) is 0. The lowest BCUT2D eigenvalue weighted by Crippen LogP contribution is -2.36. The van der Waals surface area contributed by atoms with Crippen molar-refractivity contribution in [2.45, 2.75) is 31.1 Å². The molecule has 1 aliphatic carbocycles. The van der Waals surface area contributed by atoms with E-state index in [0.717, 1.165) is 17.4 Å². The molecular formula is C12H16BrN. The maximum atomic E-state index is 5.68. The van der Waals surface area contributed by atoms with Crippen LogP contribution in [0.1, 0.15) is 31.2 Å². The number of benzene rings is 1. The summed E-state index contributed by atoms with van der Waals surface area (Å²) in [5.41, 5.74) is 7.56. The Morgan fingerprint density at radius 1 is 1.21 bits per heavy atom. The van der Waals surface area contributed by atoms with E-state index in [9.17, 15) is 0 Å². The van der Waals surface area contributed by atoms with E-state index >= 15 is 0 Å². The number of halogens is 1. The highest BCUT2D eigenvalue weighted by atomic mass is 79.9. The molecule has 1 aromatic carbocycles. The lowest BCUT2D eigenvalue weighted by atomic mass is 9.62. The van der Waals surface area contributed by atoms with Gasteiger partial charge in [-0.05, 0) is 48.9 Å². The second-order valence-corrected chi connectivity index (χ2v) is 5.10. The molecule has 0 heterocycles. The first kappa shape index (κ1) is 10.2. The van der Waals surface area contributed by atoms with Gasteiger partial charge in [-0.25, -0.2) is 0 Å². The Morgan fingerprint density at radius 3 is 2.29 bits per heavy atom. The molecule has 0 aliphatic heterocycles. The summed E-state index contributed by atoms with van der Waals surface area (Å²) in [6, 6.07) is 8.73. The first-order chi connectivity index (χ1) is 6.77. The molecule has 1 aliphatic rings. The second-order valence-electron chi connectivity index (χ2n) is 4.18. The molecule has 0 bridgehead atoms. The molecule has 0 atom stereocenters. The first-order valence-corrected chi connectivity index (χ1v) is 6.02. The van der Waals surface area contributed by atoms with Crippen LogP contribution in [0.3, 0.4) is 0 Å². The van der Waals surface area contributed by atoms with Crippen molar-refractivity contribution in [1.29, 1.82) is 0 Å². The quantitative estimate of drug-likeness (QED) is 0.880. The Hall–Kier alpha value is -0.340. The van der Waals surface area contributed by atoms with Gasteiger partial charge in [-0.15, -0.1) is 0 Å². The number of hydrogen-bond acceptors (Lipinski definition) is 1. The molecule has 0 amide bonds. The molecule has 0 saturated heterocycles. The van der Waals surface area contributed by atoms with Crippen LogP contribution in [0.15, 0.2) is 28.7 Å². The Labute approximate surface area is 93.8 Å². The fourth-order valence-electron chi connectivity index (χ4n) is 2.37. The molecular weight excluding hydrogens is 238 g/mol. The smallest absolute Gasteiger partial charge is 0.0175 e. The maximum absolute atomic E-state index is 5.68. The summed E-state index contributed by atoms with van der Waals surface area (Å²) in [6.07, 6.45) is 5.11. The number of hydrogen-bond donors (Lipinski definition) is 1. The van der Waals surface area contributed by atoms with Crippen molar-refractivity contribution in [3.63, 3.8) is 0 Å². The largest absolute Gasteiger partial charge is 0.330 e. The third kappa shape index (κ3) is 1.73. The van der Waals surface area contributed by atoms with Gasteiger partial charge >= 0.3 is 0 Å². The first-order valence-electron chi connectivity index (χ1n) is 5.23. The fraction of sp³-hybridized carbons (Fsp3) is 0.500. The monoisotopic (exact) mass is 253 g/mol. The molecule has 0 spiro atoms. The zero-order valence-corrected chi connectivity index (χ0v) is 9.89. The minimum atomic E-state index is 0.412. The lowest BCUT2D eigenvalue weighted by Gasteiger charge is -2.42. The maximum Gasteiger partial charge on any atom is 0.0175 e. The molecule has 1 fully saturated rings. The fourth-order valence-corrected chi connectivity index (χ4v) is 2.63. The van der Waals surface area contributed by atoms with Crippen LogP contribution in [-0.4, -0.2) is 6.54 Å². The molecule has 2 rings (SSSR count). The normalized spacial score (nSPS) is 19.0. The molecule has 2 heteroatoms. The minimum absolute atomic E-state index is 0.412. The van der Waals surface area contributed by atoms with Gasteiger partial charge in [0.1, 0.15) is 0 Å². The topological polar surface area (TPSA) is 26.0 Å². The summed E-state index contributed by atoms with van der Waals surface area (Å²) >= 11 is 3.47. The van der Waals surface area contributed by atoms with Crippen molar-refractivity contribution in [1.82, 2.24) is 0 Å². The van der Waals surface area contributed by atoms with Crippen molar-refractivity contribution in [3.8, 4) is 0 Å². The third-order valence-electron chi connectivity index (χ3n) is 3.39. The Morgan fingerprint density at radius 2 is 1.86 bits per heavy atom. The van der Waals surface area contributed by atoms with E-state index in [0.29, 0.717) is 5.41 Å². The van der Waals surface area contributed by atoms with E-state index in [1.807, 2.05) is 0 Å². The van der Waals surface area contributed by atoms with E-state index in [4.69, 9.17) is 5.73 Å². The molecule has 1 nitrogen and oxygen atoms in total. The van der Waals surface area contributed by atoms with Crippen molar-refractivity contribution in [3.05, 3.63) is 34.3 Å². The molecule has 1 saturated carbocycles. The molecule has 76 valence electrons. The van der Waals surface area contributed by atoms with Gasteiger partial charge in [0.2, 0.25) is 0 Å². The lowest BCUT2D eigenvalue weighted by molar-refractivity contribution is 0.229. The average molecular weight is 254 g/mol. The van der Waals surface area contributed by atoms with Crippen LogP contribution in [0.4, 0.5) is 0 Å². The Balaban J connectivity index is 2.23. The Bertz CT molecular complexity index is 301. The van der Waals surface area contributed by atoms with Crippen LogP contribution < -0.4 is 5.73 Å². The molecule has 14 heavy (non-hydrogen) atoms. The van der Waals surface area contributed by atoms with Gasteiger partial charge in [-0.3, -0.25) is 0 Å². The van der Waals surface area contributed by atoms with E-state index in [1.165, 1.54) is 24.8 Å². The van der Waals surface area contributed by atoms with Gasteiger partial charge in [-0.1, -0.05) is 34.5 Å². The highest BCUT2D eigenvalue weighted by Gasteiger charge is 2.37. The molecule has 2 N–H and O–H groups in total. The van der Waals surface area contributed by atoms with Gasteiger partial charge < -0.3 is 5.73 Å². The summed E-state index contributed by atoms with van der Waals surface area (Å²) in [6.45, 7) is 0.802. The van der Waals surface area contributed by atoms with E-state index < -0.39 is 0 Å². The Kier molecular flexibility index (Phi) is 2.93. The van der Waals surface area contributed by atoms with E-state index in [-0.39, 0.29) is 0 Å². The van der Waals surface area contributed by atoms with Crippen LogP contribution in [0.2, 0.25) is 0 Å². The number of nitrogens with two attached hydrogens (primary N) is 1. The van der Waals surface area contributed by atoms with Gasteiger partial charge in [0, 0.05) is 4.47 Å². The predicted octanol–water partition coefficient (Wildman–Crippen LogP) is 3.22.